The highest BCUT2D eigenvalue weighted by Gasteiger charge is 2.17. The van der Waals surface area contributed by atoms with Crippen LogP contribution in [0.5, 0.6) is 0 Å². The van der Waals surface area contributed by atoms with Crippen molar-refractivity contribution in [1.82, 2.24) is 19.2 Å². The predicted molar refractivity (Wildman–Crippen MR) is 78.4 cm³/mol. The van der Waals surface area contributed by atoms with E-state index in [0.29, 0.717) is 0 Å². The molecule has 0 radical (unpaired) electrons. The molecule has 0 atom stereocenters. The summed E-state index contributed by atoms with van der Waals surface area (Å²) in [6, 6.07) is 3.82. The molecule has 0 amide bonds. The summed E-state index contributed by atoms with van der Waals surface area (Å²) in [6.07, 6.45) is 3.94. The van der Waals surface area contributed by atoms with Crippen LogP contribution < -0.4 is 5.73 Å². The Kier molecular flexibility index (Phi) is 3.86. The van der Waals surface area contributed by atoms with E-state index in [0.717, 1.165) is 56.3 Å². The lowest BCUT2D eigenvalue weighted by molar-refractivity contribution is 0.108. The first-order chi connectivity index (χ1) is 9.74. The molecule has 108 valence electrons. The van der Waals surface area contributed by atoms with Crippen molar-refractivity contribution in [3.8, 4) is 0 Å². The lowest BCUT2D eigenvalue weighted by Crippen LogP contribution is -2.46. The maximum atomic E-state index is 8.94. The summed E-state index contributed by atoms with van der Waals surface area (Å²) in [4.78, 5) is 9.31. The number of rotatable bonds is 4. The van der Waals surface area contributed by atoms with Crippen molar-refractivity contribution in [2.75, 3.05) is 45.1 Å². The second-order valence-corrected chi connectivity index (χ2v) is 5.30. The van der Waals surface area contributed by atoms with Gasteiger partial charge in [0.1, 0.15) is 5.65 Å². The molecule has 2 aromatic rings. The van der Waals surface area contributed by atoms with Gasteiger partial charge in [-0.05, 0) is 12.1 Å². The van der Waals surface area contributed by atoms with Crippen molar-refractivity contribution >= 4 is 11.3 Å². The molecule has 3 heterocycles. The van der Waals surface area contributed by atoms with Gasteiger partial charge in [-0.1, -0.05) is 0 Å². The zero-order valence-electron chi connectivity index (χ0n) is 11.6. The highest BCUT2D eigenvalue weighted by atomic mass is 16.3. The lowest BCUT2D eigenvalue weighted by Gasteiger charge is -2.33. The molecular formula is C14H21N5O. The average Bonchev–Trinajstić information content (AvgIpc) is 2.82. The second-order valence-electron chi connectivity index (χ2n) is 5.30. The van der Waals surface area contributed by atoms with E-state index in [9.17, 15) is 0 Å². The zero-order valence-corrected chi connectivity index (χ0v) is 11.6. The summed E-state index contributed by atoms with van der Waals surface area (Å²) in [6.45, 7) is 5.97. The smallest absolute Gasteiger partial charge is 0.137 e. The number of β-amino-alcohol motifs (C(OH)–C–C–N with tert-alkyl or cyclic N) is 1. The summed E-state index contributed by atoms with van der Waals surface area (Å²) >= 11 is 0. The van der Waals surface area contributed by atoms with E-state index < -0.39 is 0 Å². The van der Waals surface area contributed by atoms with Crippen molar-refractivity contribution in [2.24, 2.45) is 0 Å². The third-order valence-corrected chi connectivity index (χ3v) is 3.79. The number of piperazine rings is 1. The number of imidazole rings is 1. The first kappa shape index (κ1) is 13.4. The molecule has 6 nitrogen and oxygen atoms in total. The molecule has 0 unspecified atom stereocenters. The van der Waals surface area contributed by atoms with Gasteiger partial charge < -0.3 is 15.2 Å². The number of pyridine rings is 1. The van der Waals surface area contributed by atoms with Gasteiger partial charge in [0, 0.05) is 57.3 Å². The Balaban J connectivity index is 1.62. The zero-order chi connectivity index (χ0) is 13.9. The molecule has 3 rings (SSSR count). The monoisotopic (exact) mass is 275 g/mol. The fourth-order valence-corrected chi connectivity index (χ4v) is 2.68. The first-order valence-corrected chi connectivity index (χ1v) is 7.03. The van der Waals surface area contributed by atoms with Gasteiger partial charge in [0.15, 0.2) is 0 Å². The summed E-state index contributed by atoms with van der Waals surface area (Å²) < 4.78 is 1.98. The molecule has 0 aliphatic carbocycles. The SMILES string of the molecule is Nc1ccc2nc(CN3CCN(CCO)CC3)cn2c1. The van der Waals surface area contributed by atoms with Gasteiger partial charge in [-0.15, -0.1) is 0 Å². The Morgan fingerprint density at radius 3 is 2.60 bits per heavy atom. The van der Waals surface area contributed by atoms with Crippen molar-refractivity contribution in [2.45, 2.75) is 6.54 Å². The largest absolute Gasteiger partial charge is 0.398 e. The summed E-state index contributed by atoms with van der Waals surface area (Å²) in [5.74, 6) is 0. The fourth-order valence-electron chi connectivity index (χ4n) is 2.68. The molecule has 3 N–H and O–H groups in total. The number of nitrogens with two attached hydrogens (primary N) is 1. The van der Waals surface area contributed by atoms with E-state index in [-0.39, 0.29) is 6.61 Å². The number of hydrogen-bond donors (Lipinski definition) is 2. The third kappa shape index (κ3) is 2.92. The molecular weight excluding hydrogens is 254 g/mol. The van der Waals surface area contributed by atoms with Crippen LogP contribution in [0.4, 0.5) is 5.69 Å². The molecule has 2 aromatic heterocycles. The van der Waals surface area contributed by atoms with Crippen LogP contribution in [-0.4, -0.2) is 63.6 Å². The molecule has 1 aliphatic rings. The van der Waals surface area contributed by atoms with Gasteiger partial charge in [-0.25, -0.2) is 4.98 Å². The minimum Gasteiger partial charge on any atom is -0.398 e. The third-order valence-electron chi connectivity index (χ3n) is 3.79. The highest BCUT2D eigenvalue weighted by Crippen LogP contribution is 2.12. The van der Waals surface area contributed by atoms with E-state index in [2.05, 4.69) is 14.8 Å². The fraction of sp³-hybridized carbons (Fsp3) is 0.500. The van der Waals surface area contributed by atoms with Gasteiger partial charge in [0.05, 0.1) is 12.3 Å². The number of nitrogens with zero attached hydrogens (tertiary/aromatic N) is 4. The molecule has 1 aliphatic heterocycles. The lowest BCUT2D eigenvalue weighted by atomic mass is 10.3. The van der Waals surface area contributed by atoms with Crippen molar-refractivity contribution in [3.05, 3.63) is 30.2 Å². The van der Waals surface area contributed by atoms with E-state index in [1.807, 2.05) is 28.9 Å². The maximum absolute atomic E-state index is 8.94. The van der Waals surface area contributed by atoms with Crippen molar-refractivity contribution in [1.29, 1.82) is 0 Å². The van der Waals surface area contributed by atoms with Crippen LogP contribution in [-0.2, 0) is 6.54 Å². The molecule has 0 spiro atoms. The second kappa shape index (κ2) is 5.78. The molecule has 6 heteroatoms. The predicted octanol–water partition coefficient (Wildman–Crippen LogP) is 0.0264. The van der Waals surface area contributed by atoms with Crippen molar-refractivity contribution in [3.63, 3.8) is 0 Å². The van der Waals surface area contributed by atoms with Crippen LogP contribution in [0, 0.1) is 0 Å². The van der Waals surface area contributed by atoms with Crippen molar-refractivity contribution < 1.29 is 5.11 Å². The number of aliphatic hydroxyl groups is 1. The van der Waals surface area contributed by atoms with Gasteiger partial charge in [-0.2, -0.15) is 0 Å². The highest BCUT2D eigenvalue weighted by molar-refractivity contribution is 5.48. The number of aliphatic hydroxyl groups excluding tert-OH is 1. The van der Waals surface area contributed by atoms with Gasteiger partial charge in [0.25, 0.3) is 0 Å². The molecule has 20 heavy (non-hydrogen) atoms. The van der Waals surface area contributed by atoms with E-state index in [1.165, 1.54) is 0 Å². The number of anilines is 1. The van der Waals surface area contributed by atoms with Crippen LogP contribution in [0.3, 0.4) is 0 Å². The number of nitrogen functional groups attached to an aromatic ring is 1. The summed E-state index contributed by atoms with van der Waals surface area (Å²) in [5.41, 5.74) is 8.54. The van der Waals surface area contributed by atoms with E-state index >= 15 is 0 Å². The number of aromatic nitrogens is 2. The maximum Gasteiger partial charge on any atom is 0.137 e. The van der Waals surface area contributed by atoms with Gasteiger partial charge >= 0.3 is 0 Å². The molecule has 0 bridgehead atoms. The van der Waals surface area contributed by atoms with E-state index in [1.54, 1.807) is 0 Å². The van der Waals surface area contributed by atoms with Crippen LogP contribution >= 0.6 is 0 Å². The Labute approximate surface area is 118 Å². The standard InChI is InChI=1S/C14H21N5O/c15-12-1-2-14-16-13(11-19(14)9-12)10-18-5-3-17(4-6-18)7-8-20/h1-2,9,11,20H,3-8,10,15H2. The van der Waals surface area contributed by atoms with Gasteiger partial charge in [-0.3, -0.25) is 9.80 Å². The summed E-state index contributed by atoms with van der Waals surface area (Å²) in [5, 5.41) is 8.94. The number of fused-ring (bicyclic) bond motifs is 1. The molecule has 0 saturated carbocycles. The van der Waals surface area contributed by atoms with Crippen LogP contribution in [0.15, 0.2) is 24.5 Å². The van der Waals surface area contributed by atoms with E-state index in [4.69, 9.17) is 10.8 Å². The minimum absolute atomic E-state index is 0.244. The van der Waals surface area contributed by atoms with Crippen LogP contribution in [0.25, 0.3) is 5.65 Å². The minimum atomic E-state index is 0.244. The quantitative estimate of drug-likeness (QED) is 0.823. The van der Waals surface area contributed by atoms with Crippen LogP contribution in [0.2, 0.25) is 0 Å². The van der Waals surface area contributed by atoms with Crippen LogP contribution in [0.1, 0.15) is 5.69 Å². The number of hydrogen-bond acceptors (Lipinski definition) is 5. The Morgan fingerprint density at radius 2 is 1.85 bits per heavy atom. The van der Waals surface area contributed by atoms with Gasteiger partial charge in [0.2, 0.25) is 0 Å². The average molecular weight is 275 g/mol. The molecule has 1 saturated heterocycles. The topological polar surface area (TPSA) is 70.0 Å². The first-order valence-electron chi connectivity index (χ1n) is 7.03. The Bertz CT molecular complexity index is 574. The normalized spacial score (nSPS) is 17.9. The molecule has 1 fully saturated rings. The Hall–Kier alpha value is -1.63. The Morgan fingerprint density at radius 1 is 1.10 bits per heavy atom. The summed E-state index contributed by atoms with van der Waals surface area (Å²) in [7, 11) is 0. The molecule has 0 aromatic carbocycles.